The minimum Gasteiger partial charge on any atom is -0.496 e. The second kappa shape index (κ2) is 6.22. The summed E-state index contributed by atoms with van der Waals surface area (Å²) in [4.78, 5) is 2.77. The van der Waals surface area contributed by atoms with Crippen LogP contribution in [-0.4, -0.2) is 7.11 Å². The minimum absolute atomic E-state index is 0.274. The van der Waals surface area contributed by atoms with Gasteiger partial charge in [-0.25, -0.2) is 0 Å². The zero-order valence-corrected chi connectivity index (χ0v) is 12.8. The SMILES string of the molecule is COc1ccccc1[C@@H](C)NCc1cc(C)sc1C. The van der Waals surface area contributed by atoms with Crippen LogP contribution < -0.4 is 10.1 Å². The zero-order valence-electron chi connectivity index (χ0n) is 12.0. The molecule has 19 heavy (non-hydrogen) atoms. The molecule has 0 fully saturated rings. The van der Waals surface area contributed by atoms with Crippen LogP contribution in [0.2, 0.25) is 0 Å². The molecule has 2 nitrogen and oxygen atoms in total. The van der Waals surface area contributed by atoms with Crippen molar-refractivity contribution in [2.24, 2.45) is 0 Å². The fourth-order valence-electron chi connectivity index (χ4n) is 2.26. The molecule has 1 heterocycles. The van der Waals surface area contributed by atoms with E-state index in [0.29, 0.717) is 0 Å². The highest BCUT2D eigenvalue weighted by Crippen LogP contribution is 2.26. The molecule has 0 radical (unpaired) electrons. The maximum absolute atomic E-state index is 5.41. The van der Waals surface area contributed by atoms with E-state index in [1.165, 1.54) is 20.9 Å². The van der Waals surface area contributed by atoms with Gasteiger partial charge in [-0.3, -0.25) is 0 Å². The topological polar surface area (TPSA) is 21.3 Å². The number of ether oxygens (including phenoxy) is 1. The van der Waals surface area contributed by atoms with Gasteiger partial charge in [0.05, 0.1) is 7.11 Å². The third kappa shape index (κ3) is 3.37. The van der Waals surface area contributed by atoms with Crippen LogP contribution in [0, 0.1) is 13.8 Å². The van der Waals surface area contributed by atoms with Gasteiger partial charge < -0.3 is 10.1 Å². The number of hydrogen-bond acceptors (Lipinski definition) is 3. The number of methoxy groups -OCH3 is 1. The molecular formula is C16H21NOS. The molecule has 2 aromatic rings. The molecule has 1 aromatic heterocycles. The third-order valence-electron chi connectivity index (χ3n) is 3.35. The van der Waals surface area contributed by atoms with Crippen molar-refractivity contribution in [1.29, 1.82) is 0 Å². The molecule has 1 N–H and O–H groups in total. The monoisotopic (exact) mass is 275 g/mol. The summed E-state index contributed by atoms with van der Waals surface area (Å²) in [5.74, 6) is 0.945. The van der Waals surface area contributed by atoms with E-state index in [9.17, 15) is 0 Å². The Morgan fingerprint density at radius 3 is 2.63 bits per heavy atom. The number of aryl methyl sites for hydroxylation is 2. The van der Waals surface area contributed by atoms with Crippen molar-refractivity contribution in [2.75, 3.05) is 7.11 Å². The lowest BCUT2D eigenvalue weighted by molar-refractivity contribution is 0.401. The van der Waals surface area contributed by atoms with Crippen molar-refractivity contribution in [2.45, 2.75) is 33.4 Å². The average Bonchev–Trinajstić information content (AvgIpc) is 2.74. The van der Waals surface area contributed by atoms with Crippen LogP contribution in [-0.2, 0) is 6.54 Å². The van der Waals surface area contributed by atoms with Crippen LogP contribution in [0.5, 0.6) is 5.75 Å². The smallest absolute Gasteiger partial charge is 0.123 e. The van der Waals surface area contributed by atoms with Crippen molar-refractivity contribution >= 4 is 11.3 Å². The summed E-state index contributed by atoms with van der Waals surface area (Å²) >= 11 is 1.86. The Labute approximate surface area is 119 Å². The predicted molar refractivity (Wildman–Crippen MR) is 82.0 cm³/mol. The summed E-state index contributed by atoms with van der Waals surface area (Å²) in [5, 5.41) is 3.57. The Morgan fingerprint density at radius 2 is 2.00 bits per heavy atom. The first-order valence-corrected chi connectivity index (χ1v) is 7.35. The van der Waals surface area contributed by atoms with E-state index in [1.54, 1.807) is 7.11 Å². The summed E-state index contributed by atoms with van der Waals surface area (Å²) < 4.78 is 5.41. The lowest BCUT2D eigenvalue weighted by Gasteiger charge is -2.17. The van der Waals surface area contributed by atoms with Crippen molar-refractivity contribution in [1.82, 2.24) is 5.32 Å². The zero-order chi connectivity index (χ0) is 13.8. The van der Waals surface area contributed by atoms with Gasteiger partial charge in [-0.05, 0) is 38.5 Å². The number of para-hydroxylation sites is 1. The number of thiophene rings is 1. The Bertz CT molecular complexity index is 547. The van der Waals surface area contributed by atoms with E-state index in [1.807, 2.05) is 23.5 Å². The van der Waals surface area contributed by atoms with Crippen molar-refractivity contribution < 1.29 is 4.74 Å². The normalized spacial score (nSPS) is 12.4. The lowest BCUT2D eigenvalue weighted by atomic mass is 10.1. The molecule has 3 heteroatoms. The molecular weight excluding hydrogens is 254 g/mol. The number of hydrogen-bond donors (Lipinski definition) is 1. The van der Waals surface area contributed by atoms with Gasteiger partial charge in [-0.2, -0.15) is 0 Å². The standard InChI is InChI=1S/C16H21NOS/c1-11-9-14(13(3)19-11)10-17-12(2)15-7-5-6-8-16(15)18-4/h5-9,12,17H,10H2,1-4H3/t12-/m1/s1. The molecule has 2 rings (SSSR count). The maximum atomic E-state index is 5.41. The minimum atomic E-state index is 0.274. The van der Waals surface area contributed by atoms with Crippen LogP contribution in [0.3, 0.4) is 0 Å². The maximum Gasteiger partial charge on any atom is 0.123 e. The molecule has 0 saturated heterocycles. The van der Waals surface area contributed by atoms with E-state index in [-0.39, 0.29) is 6.04 Å². The molecule has 0 bridgehead atoms. The van der Waals surface area contributed by atoms with Crippen LogP contribution in [0.1, 0.15) is 33.8 Å². The Morgan fingerprint density at radius 1 is 1.26 bits per heavy atom. The fraction of sp³-hybridized carbons (Fsp3) is 0.375. The van der Waals surface area contributed by atoms with Crippen molar-refractivity contribution in [3.05, 3.63) is 51.2 Å². The largest absolute Gasteiger partial charge is 0.496 e. The Hall–Kier alpha value is -1.32. The quantitative estimate of drug-likeness (QED) is 0.882. The molecule has 0 amide bonds. The molecule has 0 aliphatic rings. The van der Waals surface area contributed by atoms with E-state index in [4.69, 9.17) is 4.74 Å². The van der Waals surface area contributed by atoms with Gasteiger partial charge in [-0.15, -0.1) is 11.3 Å². The molecule has 1 aromatic carbocycles. The highest BCUT2D eigenvalue weighted by molar-refractivity contribution is 7.12. The summed E-state index contributed by atoms with van der Waals surface area (Å²) in [6, 6.07) is 10.7. The molecule has 102 valence electrons. The average molecular weight is 275 g/mol. The molecule has 0 aliphatic carbocycles. The number of rotatable bonds is 5. The summed E-state index contributed by atoms with van der Waals surface area (Å²) in [5.41, 5.74) is 2.60. The first-order valence-electron chi connectivity index (χ1n) is 6.54. The van der Waals surface area contributed by atoms with Gasteiger partial charge in [0.2, 0.25) is 0 Å². The number of benzene rings is 1. The van der Waals surface area contributed by atoms with E-state index in [2.05, 4.69) is 44.3 Å². The lowest BCUT2D eigenvalue weighted by Crippen LogP contribution is -2.18. The highest BCUT2D eigenvalue weighted by Gasteiger charge is 2.11. The van der Waals surface area contributed by atoms with Gasteiger partial charge in [0.1, 0.15) is 5.75 Å². The van der Waals surface area contributed by atoms with Crippen molar-refractivity contribution in [3.8, 4) is 5.75 Å². The van der Waals surface area contributed by atoms with Crippen LogP contribution in [0.4, 0.5) is 0 Å². The summed E-state index contributed by atoms with van der Waals surface area (Å²) in [6.07, 6.45) is 0. The molecule has 0 spiro atoms. The van der Waals surface area contributed by atoms with Gasteiger partial charge >= 0.3 is 0 Å². The second-order valence-electron chi connectivity index (χ2n) is 4.78. The van der Waals surface area contributed by atoms with Gasteiger partial charge in [0, 0.05) is 27.9 Å². The molecule has 1 atom stereocenters. The molecule has 0 saturated carbocycles. The third-order valence-corrected chi connectivity index (χ3v) is 4.36. The summed E-state index contributed by atoms with van der Waals surface area (Å²) in [7, 11) is 1.72. The van der Waals surface area contributed by atoms with E-state index < -0.39 is 0 Å². The second-order valence-corrected chi connectivity index (χ2v) is 6.24. The van der Waals surface area contributed by atoms with Crippen LogP contribution >= 0.6 is 11.3 Å². The van der Waals surface area contributed by atoms with Crippen LogP contribution in [0.15, 0.2) is 30.3 Å². The van der Waals surface area contributed by atoms with E-state index in [0.717, 1.165) is 12.3 Å². The fourth-order valence-corrected chi connectivity index (χ4v) is 3.20. The van der Waals surface area contributed by atoms with Crippen molar-refractivity contribution in [3.63, 3.8) is 0 Å². The Balaban J connectivity index is 2.05. The van der Waals surface area contributed by atoms with E-state index >= 15 is 0 Å². The first kappa shape index (κ1) is 14.1. The van der Waals surface area contributed by atoms with Gasteiger partial charge in [0.25, 0.3) is 0 Å². The number of nitrogens with one attached hydrogen (secondary N) is 1. The van der Waals surface area contributed by atoms with Crippen LogP contribution in [0.25, 0.3) is 0 Å². The highest BCUT2D eigenvalue weighted by atomic mass is 32.1. The predicted octanol–water partition coefficient (Wildman–Crippen LogP) is 4.22. The summed E-state index contributed by atoms with van der Waals surface area (Å²) in [6.45, 7) is 7.41. The van der Waals surface area contributed by atoms with Gasteiger partial charge in [-0.1, -0.05) is 18.2 Å². The first-order chi connectivity index (χ1) is 9.11. The molecule has 0 aliphatic heterocycles. The van der Waals surface area contributed by atoms with Gasteiger partial charge in [0.15, 0.2) is 0 Å². The molecule has 0 unspecified atom stereocenters. The Kier molecular flexibility index (Phi) is 4.61.